The van der Waals surface area contributed by atoms with Crippen molar-refractivity contribution in [3.8, 4) is 0 Å². The molecule has 0 aliphatic carbocycles. The fourth-order valence-corrected chi connectivity index (χ4v) is 0.769. The lowest BCUT2D eigenvalue weighted by Crippen LogP contribution is -2.15. The molecule has 0 atom stereocenters. The number of nitrogens with zero attached hydrogens (tertiary/aromatic N) is 1. The zero-order valence-corrected chi connectivity index (χ0v) is 7.08. The molecule has 0 saturated carbocycles. The Morgan fingerprint density at radius 2 is 2.11 bits per heavy atom. The molecule has 0 saturated heterocycles. The number of hydrogen-bond acceptors (Lipinski definition) is 1. The number of hydrogen-bond donors (Lipinski definition) is 0. The van der Waals surface area contributed by atoms with Gasteiger partial charge in [0.25, 0.3) is 0 Å². The predicted octanol–water partition coefficient (Wildman–Crippen LogP) is 2.07. The minimum absolute atomic E-state index is 1.11. The van der Waals surface area contributed by atoms with Crippen LogP contribution in [-0.4, -0.2) is 24.0 Å². The monoisotopic (exact) mass is 145 g/mol. The Bertz CT molecular complexity index is 73.3. The average Bonchev–Trinajstić information content (AvgIpc) is 1.89. The predicted molar refractivity (Wildman–Crippen MR) is 45.8 cm³/mol. The first-order valence-corrected chi connectivity index (χ1v) is 3.94. The van der Waals surface area contributed by atoms with Crippen LogP contribution < -0.4 is 0 Å². The number of thiocarbonyl (C=S) groups is 1. The van der Waals surface area contributed by atoms with Gasteiger partial charge in [-0.3, -0.25) is 0 Å². The summed E-state index contributed by atoms with van der Waals surface area (Å²) in [6, 6.07) is 0. The SMILES string of the molecule is CCCCCN(C)C=S. The third-order valence-corrected chi connectivity index (χ3v) is 1.65. The van der Waals surface area contributed by atoms with Gasteiger partial charge >= 0.3 is 0 Å². The summed E-state index contributed by atoms with van der Waals surface area (Å²) in [5.41, 5.74) is 1.70. The molecule has 0 aromatic carbocycles. The van der Waals surface area contributed by atoms with Crippen molar-refractivity contribution >= 4 is 17.7 Å². The summed E-state index contributed by atoms with van der Waals surface area (Å²) in [4.78, 5) is 2.05. The first-order valence-electron chi connectivity index (χ1n) is 3.46. The summed E-state index contributed by atoms with van der Waals surface area (Å²) in [7, 11) is 2.02. The van der Waals surface area contributed by atoms with Gasteiger partial charge in [0, 0.05) is 13.6 Å². The quantitative estimate of drug-likeness (QED) is 0.430. The normalized spacial score (nSPS) is 9.11. The maximum absolute atomic E-state index is 4.73. The first-order chi connectivity index (χ1) is 4.31. The van der Waals surface area contributed by atoms with Crippen LogP contribution in [0, 0.1) is 0 Å². The lowest BCUT2D eigenvalue weighted by Gasteiger charge is -2.10. The van der Waals surface area contributed by atoms with Gasteiger partial charge in [0.1, 0.15) is 0 Å². The largest absolute Gasteiger partial charge is 0.372 e. The molecule has 0 spiro atoms. The van der Waals surface area contributed by atoms with Crippen LogP contribution in [0.25, 0.3) is 0 Å². The average molecular weight is 145 g/mol. The fourth-order valence-electron chi connectivity index (χ4n) is 0.664. The highest BCUT2D eigenvalue weighted by Crippen LogP contribution is 1.93. The summed E-state index contributed by atoms with van der Waals surface area (Å²) in [6.07, 6.45) is 3.86. The van der Waals surface area contributed by atoms with E-state index in [1.54, 1.807) is 5.49 Å². The van der Waals surface area contributed by atoms with Gasteiger partial charge < -0.3 is 4.90 Å². The smallest absolute Gasteiger partial charge is 0.0638 e. The molecule has 0 fully saturated rings. The van der Waals surface area contributed by atoms with Crippen molar-refractivity contribution in [1.82, 2.24) is 4.90 Å². The fraction of sp³-hybridized carbons (Fsp3) is 0.857. The third kappa shape index (κ3) is 5.77. The molecule has 0 aliphatic heterocycles. The summed E-state index contributed by atoms with van der Waals surface area (Å²) >= 11 is 4.73. The Kier molecular flexibility index (Phi) is 5.94. The van der Waals surface area contributed by atoms with Crippen LogP contribution in [0.4, 0.5) is 0 Å². The maximum atomic E-state index is 4.73. The van der Waals surface area contributed by atoms with Crippen molar-refractivity contribution in [2.24, 2.45) is 0 Å². The van der Waals surface area contributed by atoms with Crippen LogP contribution in [-0.2, 0) is 0 Å². The summed E-state index contributed by atoms with van der Waals surface area (Å²) < 4.78 is 0. The lowest BCUT2D eigenvalue weighted by atomic mass is 10.2. The van der Waals surface area contributed by atoms with E-state index in [9.17, 15) is 0 Å². The van der Waals surface area contributed by atoms with Gasteiger partial charge in [0.15, 0.2) is 0 Å². The van der Waals surface area contributed by atoms with Gasteiger partial charge in [-0.1, -0.05) is 32.0 Å². The zero-order valence-electron chi connectivity index (χ0n) is 6.26. The van der Waals surface area contributed by atoms with E-state index in [1.807, 2.05) is 11.9 Å². The molecule has 0 N–H and O–H groups in total. The molecule has 0 rings (SSSR count). The second-order valence-corrected chi connectivity index (χ2v) is 2.50. The molecule has 0 aromatic heterocycles. The van der Waals surface area contributed by atoms with Gasteiger partial charge in [-0.15, -0.1) is 0 Å². The summed E-state index contributed by atoms with van der Waals surface area (Å²) in [5.74, 6) is 0. The summed E-state index contributed by atoms with van der Waals surface area (Å²) in [6.45, 7) is 3.31. The second kappa shape index (κ2) is 6.02. The molecule has 0 aliphatic rings. The van der Waals surface area contributed by atoms with Gasteiger partial charge in [-0.2, -0.15) is 0 Å². The van der Waals surface area contributed by atoms with Crippen LogP contribution in [0.2, 0.25) is 0 Å². The molecule has 0 bridgehead atoms. The second-order valence-electron chi connectivity index (χ2n) is 2.29. The standard InChI is InChI=1S/C7H15NS/c1-3-4-5-6-8(2)7-9/h7H,3-6H2,1-2H3. The highest BCUT2D eigenvalue weighted by molar-refractivity contribution is 7.78. The molecular weight excluding hydrogens is 130 g/mol. The minimum Gasteiger partial charge on any atom is -0.372 e. The molecule has 2 heteroatoms. The van der Waals surface area contributed by atoms with Gasteiger partial charge in [-0.05, 0) is 6.42 Å². The maximum Gasteiger partial charge on any atom is 0.0638 e. The third-order valence-electron chi connectivity index (χ3n) is 1.29. The molecule has 0 unspecified atom stereocenters. The van der Waals surface area contributed by atoms with E-state index in [2.05, 4.69) is 6.92 Å². The Labute approximate surface area is 63.0 Å². The van der Waals surface area contributed by atoms with Crippen LogP contribution in [0.1, 0.15) is 26.2 Å². The lowest BCUT2D eigenvalue weighted by molar-refractivity contribution is 0.493. The Morgan fingerprint density at radius 1 is 1.44 bits per heavy atom. The molecule has 9 heavy (non-hydrogen) atoms. The van der Waals surface area contributed by atoms with Gasteiger partial charge in [0.2, 0.25) is 0 Å². The van der Waals surface area contributed by atoms with E-state index >= 15 is 0 Å². The molecular formula is C7H15NS. The van der Waals surface area contributed by atoms with E-state index in [1.165, 1.54) is 19.3 Å². The Balaban J connectivity index is 2.96. The zero-order chi connectivity index (χ0) is 7.11. The molecule has 0 heterocycles. The van der Waals surface area contributed by atoms with E-state index in [4.69, 9.17) is 12.2 Å². The Hall–Kier alpha value is -0.110. The minimum atomic E-state index is 1.11. The molecule has 0 amide bonds. The van der Waals surface area contributed by atoms with Gasteiger partial charge in [0.05, 0.1) is 5.49 Å². The van der Waals surface area contributed by atoms with E-state index in [0.29, 0.717) is 0 Å². The van der Waals surface area contributed by atoms with Gasteiger partial charge in [-0.25, -0.2) is 0 Å². The highest BCUT2D eigenvalue weighted by atomic mass is 32.1. The Morgan fingerprint density at radius 3 is 2.56 bits per heavy atom. The van der Waals surface area contributed by atoms with Crippen LogP contribution in [0.5, 0.6) is 0 Å². The van der Waals surface area contributed by atoms with Crippen LogP contribution in [0.3, 0.4) is 0 Å². The van der Waals surface area contributed by atoms with E-state index < -0.39 is 0 Å². The van der Waals surface area contributed by atoms with Crippen molar-refractivity contribution in [2.45, 2.75) is 26.2 Å². The topological polar surface area (TPSA) is 3.24 Å². The van der Waals surface area contributed by atoms with Crippen molar-refractivity contribution < 1.29 is 0 Å². The molecule has 1 nitrogen and oxygen atoms in total. The van der Waals surface area contributed by atoms with E-state index in [-0.39, 0.29) is 0 Å². The summed E-state index contributed by atoms with van der Waals surface area (Å²) in [5, 5.41) is 0. The molecule has 54 valence electrons. The number of rotatable bonds is 5. The molecule has 0 radical (unpaired) electrons. The van der Waals surface area contributed by atoms with Crippen molar-refractivity contribution in [2.75, 3.05) is 13.6 Å². The van der Waals surface area contributed by atoms with Crippen molar-refractivity contribution in [3.05, 3.63) is 0 Å². The van der Waals surface area contributed by atoms with Crippen molar-refractivity contribution in [1.29, 1.82) is 0 Å². The first kappa shape index (κ1) is 8.89. The van der Waals surface area contributed by atoms with Crippen LogP contribution >= 0.6 is 12.2 Å². The highest BCUT2D eigenvalue weighted by Gasteiger charge is 1.88. The van der Waals surface area contributed by atoms with Crippen LogP contribution in [0.15, 0.2) is 0 Å². The molecule has 0 aromatic rings. The van der Waals surface area contributed by atoms with E-state index in [0.717, 1.165) is 6.54 Å². The van der Waals surface area contributed by atoms with Crippen molar-refractivity contribution in [3.63, 3.8) is 0 Å². The number of unbranched alkanes of at least 4 members (excludes halogenated alkanes) is 2.